The molecule has 0 saturated heterocycles. The molecule has 4 nitrogen and oxygen atoms in total. The van der Waals surface area contributed by atoms with Crippen LogP contribution in [0.25, 0.3) is 0 Å². The highest BCUT2D eigenvalue weighted by atomic mass is 16.5. The standard InChI is InChI=1S/C10H22BNO3/c13-8-6-12-7-9-15-11(14)10-4-2-1-3-5-10/h10,12-14H,1-9H2. The van der Waals surface area contributed by atoms with Crippen molar-refractivity contribution < 1.29 is 14.8 Å². The molecule has 0 aromatic carbocycles. The Bertz CT molecular complexity index is 154. The SMILES string of the molecule is OCCNCCOB(O)C1CCCCC1. The van der Waals surface area contributed by atoms with Crippen LogP contribution in [0.15, 0.2) is 0 Å². The lowest BCUT2D eigenvalue weighted by molar-refractivity contribution is 0.232. The average molecular weight is 215 g/mol. The summed E-state index contributed by atoms with van der Waals surface area (Å²) in [4.78, 5) is 0. The lowest BCUT2D eigenvalue weighted by atomic mass is 9.65. The van der Waals surface area contributed by atoms with Crippen LogP contribution >= 0.6 is 0 Å². The van der Waals surface area contributed by atoms with Crippen molar-refractivity contribution in [2.24, 2.45) is 0 Å². The van der Waals surface area contributed by atoms with Crippen molar-refractivity contribution in [3.8, 4) is 0 Å². The molecule has 1 aliphatic carbocycles. The van der Waals surface area contributed by atoms with Gasteiger partial charge in [0.2, 0.25) is 0 Å². The zero-order chi connectivity index (χ0) is 10.9. The molecule has 1 fully saturated rings. The van der Waals surface area contributed by atoms with Gasteiger partial charge in [-0.25, -0.2) is 0 Å². The molecule has 0 heterocycles. The molecule has 0 bridgehead atoms. The number of hydrogen-bond acceptors (Lipinski definition) is 4. The van der Waals surface area contributed by atoms with Crippen LogP contribution in [-0.2, 0) is 4.65 Å². The fourth-order valence-corrected chi connectivity index (χ4v) is 2.01. The van der Waals surface area contributed by atoms with Crippen LogP contribution < -0.4 is 5.32 Å². The maximum atomic E-state index is 9.73. The van der Waals surface area contributed by atoms with E-state index in [4.69, 9.17) is 9.76 Å². The van der Waals surface area contributed by atoms with E-state index >= 15 is 0 Å². The average Bonchev–Trinajstić information content (AvgIpc) is 2.30. The van der Waals surface area contributed by atoms with Crippen molar-refractivity contribution in [2.45, 2.75) is 37.9 Å². The van der Waals surface area contributed by atoms with E-state index in [1.807, 2.05) is 0 Å². The van der Waals surface area contributed by atoms with Crippen LogP contribution in [-0.4, -0.2) is 43.6 Å². The molecule has 3 N–H and O–H groups in total. The predicted molar refractivity (Wildman–Crippen MR) is 60.7 cm³/mol. The van der Waals surface area contributed by atoms with E-state index in [-0.39, 0.29) is 6.61 Å². The molecule has 1 aliphatic rings. The third-order valence-electron chi connectivity index (χ3n) is 2.91. The van der Waals surface area contributed by atoms with E-state index in [1.54, 1.807) is 0 Å². The van der Waals surface area contributed by atoms with Crippen molar-refractivity contribution in [1.29, 1.82) is 0 Å². The molecule has 1 rings (SSSR count). The van der Waals surface area contributed by atoms with Gasteiger partial charge >= 0.3 is 7.12 Å². The summed E-state index contributed by atoms with van der Waals surface area (Å²) in [5, 5.41) is 21.3. The monoisotopic (exact) mass is 215 g/mol. The van der Waals surface area contributed by atoms with Crippen molar-refractivity contribution in [3.63, 3.8) is 0 Å². The zero-order valence-electron chi connectivity index (χ0n) is 9.32. The predicted octanol–water partition coefficient (Wildman–Crippen LogP) is 0.400. The Morgan fingerprint density at radius 3 is 2.60 bits per heavy atom. The van der Waals surface area contributed by atoms with E-state index in [1.165, 1.54) is 19.3 Å². The minimum atomic E-state index is -0.596. The third-order valence-corrected chi connectivity index (χ3v) is 2.91. The quantitative estimate of drug-likeness (QED) is 0.425. The second-order valence-corrected chi connectivity index (χ2v) is 4.13. The Labute approximate surface area is 92.2 Å². The molecule has 15 heavy (non-hydrogen) atoms. The first-order chi connectivity index (χ1) is 7.34. The third kappa shape index (κ3) is 5.51. The van der Waals surface area contributed by atoms with Gasteiger partial charge in [-0.05, 0) is 5.82 Å². The largest absolute Gasteiger partial charge is 0.457 e. The molecule has 0 aromatic rings. The van der Waals surface area contributed by atoms with Gasteiger partial charge in [-0.15, -0.1) is 0 Å². The number of aliphatic hydroxyl groups is 1. The Balaban J connectivity index is 1.99. The van der Waals surface area contributed by atoms with Gasteiger partial charge in [0.1, 0.15) is 0 Å². The molecule has 0 unspecified atom stereocenters. The summed E-state index contributed by atoms with van der Waals surface area (Å²) in [6, 6.07) is 0. The van der Waals surface area contributed by atoms with E-state index in [9.17, 15) is 5.02 Å². The first kappa shape index (κ1) is 13.0. The molecule has 0 spiro atoms. The molecule has 0 atom stereocenters. The van der Waals surface area contributed by atoms with Crippen LogP contribution in [0.5, 0.6) is 0 Å². The Morgan fingerprint density at radius 1 is 1.20 bits per heavy atom. The maximum Gasteiger partial charge on any atom is 0.457 e. The summed E-state index contributed by atoms with van der Waals surface area (Å²) in [7, 11) is -0.596. The molecule has 0 radical (unpaired) electrons. The van der Waals surface area contributed by atoms with Crippen molar-refractivity contribution in [3.05, 3.63) is 0 Å². The van der Waals surface area contributed by atoms with Gasteiger partial charge in [0.05, 0.1) is 6.61 Å². The van der Waals surface area contributed by atoms with Gasteiger partial charge in [0, 0.05) is 19.7 Å². The number of hydrogen-bond donors (Lipinski definition) is 3. The highest BCUT2D eigenvalue weighted by molar-refractivity contribution is 6.44. The normalized spacial score (nSPS) is 18.0. The summed E-state index contributed by atoms with van der Waals surface area (Å²) < 4.78 is 5.34. The molecule has 0 aliphatic heterocycles. The molecule has 0 aromatic heterocycles. The zero-order valence-corrected chi connectivity index (χ0v) is 9.32. The molecule has 0 amide bonds. The second-order valence-electron chi connectivity index (χ2n) is 4.13. The molecule has 5 heteroatoms. The molecular weight excluding hydrogens is 193 g/mol. The summed E-state index contributed by atoms with van der Waals surface area (Å²) in [5.74, 6) is 0.330. The molecule has 1 saturated carbocycles. The van der Waals surface area contributed by atoms with Gasteiger partial charge in [0.15, 0.2) is 0 Å². The highest BCUT2D eigenvalue weighted by Crippen LogP contribution is 2.30. The second kappa shape index (κ2) is 8.10. The minimum absolute atomic E-state index is 0.144. The Kier molecular flexibility index (Phi) is 7.01. The molecule has 88 valence electrons. The number of nitrogens with one attached hydrogen (secondary N) is 1. The first-order valence-electron chi connectivity index (χ1n) is 5.96. The highest BCUT2D eigenvalue weighted by Gasteiger charge is 2.27. The van der Waals surface area contributed by atoms with Crippen LogP contribution in [0.3, 0.4) is 0 Å². The van der Waals surface area contributed by atoms with Crippen LogP contribution in [0.4, 0.5) is 0 Å². The van der Waals surface area contributed by atoms with Crippen molar-refractivity contribution in [2.75, 3.05) is 26.3 Å². The van der Waals surface area contributed by atoms with Crippen LogP contribution in [0.1, 0.15) is 32.1 Å². The maximum absolute atomic E-state index is 9.73. The summed E-state index contributed by atoms with van der Waals surface area (Å²) in [5.41, 5.74) is 0. The molecular formula is C10H22BNO3. The lowest BCUT2D eigenvalue weighted by Gasteiger charge is -2.23. The topological polar surface area (TPSA) is 61.7 Å². The lowest BCUT2D eigenvalue weighted by Crippen LogP contribution is -2.31. The van der Waals surface area contributed by atoms with Crippen LogP contribution in [0, 0.1) is 0 Å². The first-order valence-corrected chi connectivity index (χ1v) is 5.96. The number of rotatable bonds is 7. The summed E-state index contributed by atoms with van der Waals surface area (Å²) >= 11 is 0. The Hall–Kier alpha value is -0.0951. The van der Waals surface area contributed by atoms with Gasteiger partial charge in [0.25, 0.3) is 0 Å². The van der Waals surface area contributed by atoms with E-state index in [2.05, 4.69) is 5.32 Å². The van der Waals surface area contributed by atoms with E-state index in [0.717, 1.165) is 12.8 Å². The van der Waals surface area contributed by atoms with Crippen LogP contribution in [0.2, 0.25) is 5.82 Å². The van der Waals surface area contributed by atoms with Gasteiger partial charge < -0.3 is 20.1 Å². The van der Waals surface area contributed by atoms with Gasteiger partial charge in [-0.1, -0.05) is 32.1 Å². The van der Waals surface area contributed by atoms with Crippen molar-refractivity contribution in [1.82, 2.24) is 5.32 Å². The van der Waals surface area contributed by atoms with E-state index in [0.29, 0.717) is 25.5 Å². The fourth-order valence-electron chi connectivity index (χ4n) is 2.01. The minimum Gasteiger partial charge on any atom is -0.427 e. The van der Waals surface area contributed by atoms with Gasteiger partial charge in [-0.2, -0.15) is 0 Å². The van der Waals surface area contributed by atoms with Gasteiger partial charge in [-0.3, -0.25) is 0 Å². The van der Waals surface area contributed by atoms with Crippen molar-refractivity contribution >= 4 is 7.12 Å². The number of aliphatic hydroxyl groups excluding tert-OH is 1. The summed E-state index contributed by atoms with van der Waals surface area (Å²) in [6.45, 7) is 1.93. The smallest absolute Gasteiger partial charge is 0.427 e. The van der Waals surface area contributed by atoms with E-state index < -0.39 is 7.12 Å². The Morgan fingerprint density at radius 2 is 1.93 bits per heavy atom. The fraction of sp³-hybridized carbons (Fsp3) is 1.00. The summed E-state index contributed by atoms with van der Waals surface area (Å²) in [6.07, 6.45) is 5.90.